The highest BCUT2D eigenvalue weighted by atomic mass is 19.1. The van der Waals surface area contributed by atoms with E-state index in [-0.39, 0.29) is 17.6 Å². The number of hydrogen-bond donors (Lipinski definition) is 0. The van der Waals surface area contributed by atoms with Gasteiger partial charge in [-0.25, -0.2) is 9.37 Å². The fraction of sp³-hybridized carbons (Fsp3) is 0.545. The molecule has 1 fully saturated rings. The van der Waals surface area contributed by atoms with E-state index in [1.807, 2.05) is 17.0 Å². The Labute approximate surface area is 165 Å². The number of likely N-dealkylation sites (tertiary alicyclic amines) is 1. The molecule has 2 aliphatic rings. The molecule has 2 aliphatic heterocycles. The number of halogens is 1. The zero-order valence-electron chi connectivity index (χ0n) is 16.9. The third-order valence-electron chi connectivity index (χ3n) is 5.77. The molecule has 4 rings (SSSR count). The maximum atomic E-state index is 13.5. The SMILES string of the molecule is Cc1cc(CN2CCc3oc(C(=O)N4C[C@@H](C)C[C@H](C)C4)nc3C2)ccc1F. The first-order valence-corrected chi connectivity index (χ1v) is 10.1. The van der Waals surface area contributed by atoms with Crippen LogP contribution in [0.4, 0.5) is 4.39 Å². The summed E-state index contributed by atoms with van der Waals surface area (Å²) >= 11 is 0. The van der Waals surface area contributed by atoms with Crippen molar-refractivity contribution < 1.29 is 13.6 Å². The van der Waals surface area contributed by atoms with Gasteiger partial charge in [0.15, 0.2) is 0 Å². The summed E-state index contributed by atoms with van der Waals surface area (Å²) in [5.41, 5.74) is 2.60. The summed E-state index contributed by atoms with van der Waals surface area (Å²) < 4.78 is 19.3. The first kappa shape index (κ1) is 19.1. The van der Waals surface area contributed by atoms with Gasteiger partial charge in [-0.2, -0.15) is 0 Å². The van der Waals surface area contributed by atoms with Crippen molar-refractivity contribution in [2.24, 2.45) is 11.8 Å². The van der Waals surface area contributed by atoms with E-state index < -0.39 is 0 Å². The summed E-state index contributed by atoms with van der Waals surface area (Å²) in [6, 6.07) is 5.24. The molecule has 6 heteroatoms. The summed E-state index contributed by atoms with van der Waals surface area (Å²) in [6.07, 6.45) is 1.90. The number of aromatic nitrogens is 1. The van der Waals surface area contributed by atoms with Crippen molar-refractivity contribution >= 4 is 5.91 Å². The topological polar surface area (TPSA) is 49.6 Å². The standard InChI is InChI=1S/C22H28FN3O2/c1-14-8-15(2)11-26(10-14)22(27)21-24-19-13-25(7-6-20(19)28-21)12-17-4-5-18(23)16(3)9-17/h4-5,9,14-15H,6-8,10-13H2,1-3H3/t14-,15-/m0/s1. The first-order chi connectivity index (χ1) is 13.4. The summed E-state index contributed by atoms with van der Waals surface area (Å²) in [6.45, 7) is 9.91. The van der Waals surface area contributed by atoms with Crippen LogP contribution in [0.3, 0.4) is 0 Å². The highest BCUT2D eigenvalue weighted by Gasteiger charge is 2.31. The molecule has 1 aromatic carbocycles. The van der Waals surface area contributed by atoms with Gasteiger partial charge in [0.25, 0.3) is 5.89 Å². The molecule has 1 amide bonds. The lowest BCUT2D eigenvalue weighted by Crippen LogP contribution is -2.42. The Morgan fingerprint density at radius 2 is 2.04 bits per heavy atom. The minimum atomic E-state index is -0.175. The van der Waals surface area contributed by atoms with Crippen LogP contribution in [0.25, 0.3) is 0 Å². The second-order valence-corrected chi connectivity index (χ2v) is 8.59. The summed E-state index contributed by atoms with van der Waals surface area (Å²) in [5.74, 6) is 1.80. The zero-order valence-corrected chi connectivity index (χ0v) is 16.9. The molecule has 2 atom stereocenters. The van der Waals surface area contributed by atoms with Gasteiger partial charge in [0.05, 0.1) is 5.69 Å². The number of rotatable bonds is 3. The number of hydrogen-bond acceptors (Lipinski definition) is 4. The number of oxazole rings is 1. The molecule has 0 unspecified atom stereocenters. The average Bonchev–Trinajstić information content (AvgIpc) is 3.06. The summed E-state index contributed by atoms with van der Waals surface area (Å²) in [7, 11) is 0. The zero-order chi connectivity index (χ0) is 19.8. The molecule has 2 aromatic rings. The van der Waals surface area contributed by atoms with E-state index >= 15 is 0 Å². The van der Waals surface area contributed by atoms with Crippen molar-refractivity contribution in [3.63, 3.8) is 0 Å². The molecule has 3 heterocycles. The predicted molar refractivity (Wildman–Crippen MR) is 104 cm³/mol. The lowest BCUT2D eigenvalue weighted by molar-refractivity contribution is 0.0581. The van der Waals surface area contributed by atoms with Crippen molar-refractivity contribution in [1.29, 1.82) is 0 Å². The van der Waals surface area contributed by atoms with Gasteiger partial charge in [0.1, 0.15) is 11.6 Å². The molecule has 0 N–H and O–H groups in total. The summed E-state index contributed by atoms with van der Waals surface area (Å²) in [4.78, 5) is 21.6. The third kappa shape index (κ3) is 3.97. The van der Waals surface area contributed by atoms with E-state index in [1.165, 1.54) is 6.07 Å². The van der Waals surface area contributed by atoms with Gasteiger partial charge >= 0.3 is 5.91 Å². The van der Waals surface area contributed by atoms with Crippen molar-refractivity contribution in [2.45, 2.75) is 46.7 Å². The van der Waals surface area contributed by atoms with Gasteiger partial charge in [-0.05, 0) is 42.4 Å². The van der Waals surface area contributed by atoms with E-state index in [0.717, 1.165) is 56.0 Å². The maximum Gasteiger partial charge on any atom is 0.309 e. The quantitative estimate of drug-likeness (QED) is 0.806. The molecule has 0 saturated carbocycles. The van der Waals surface area contributed by atoms with Crippen LogP contribution in [0.1, 0.15) is 53.5 Å². The Kier molecular flexibility index (Phi) is 5.23. The van der Waals surface area contributed by atoms with Crippen LogP contribution in [0.2, 0.25) is 0 Å². The van der Waals surface area contributed by atoms with Crippen LogP contribution in [0.15, 0.2) is 22.6 Å². The van der Waals surface area contributed by atoms with E-state index in [0.29, 0.717) is 23.9 Å². The number of piperidine rings is 1. The summed E-state index contributed by atoms with van der Waals surface area (Å²) in [5, 5.41) is 0. The molecule has 150 valence electrons. The van der Waals surface area contributed by atoms with Crippen LogP contribution in [0, 0.1) is 24.6 Å². The molecule has 0 aliphatic carbocycles. The molecule has 0 spiro atoms. The Bertz CT molecular complexity index is 869. The number of fused-ring (bicyclic) bond motifs is 1. The van der Waals surface area contributed by atoms with E-state index in [2.05, 4.69) is 23.7 Å². The Morgan fingerprint density at radius 1 is 1.29 bits per heavy atom. The van der Waals surface area contributed by atoms with E-state index in [9.17, 15) is 9.18 Å². The van der Waals surface area contributed by atoms with Crippen molar-refractivity contribution in [1.82, 2.24) is 14.8 Å². The van der Waals surface area contributed by atoms with Crippen LogP contribution in [0.5, 0.6) is 0 Å². The molecule has 5 nitrogen and oxygen atoms in total. The van der Waals surface area contributed by atoms with Crippen molar-refractivity contribution in [3.8, 4) is 0 Å². The van der Waals surface area contributed by atoms with E-state index in [1.54, 1.807) is 6.92 Å². The van der Waals surface area contributed by atoms with Gasteiger partial charge in [0.2, 0.25) is 0 Å². The Hall–Kier alpha value is -2.21. The third-order valence-corrected chi connectivity index (χ3v) is 5.77. The molecule has 1 saturated heterocycles. The van der Waals surface area contributed by atoms with Gasteiger partial charge in [0, 0.05) is 39.1 Å². The molecule has 0 radical (unpaired) electrons. The van der Waals surface area contributed by atoms with Gasteiger partial charge in [-0.3, -0.25) is 9.69 Å². The minimum absolute atomic E-state index is 0.0893. The molecular formula is C22H28FN3O2. The predicted octanol–water partition coefficient (Wildman–Crippen LogP) is 3.80. The Balaban J connectivity index is 1.44. The number of benzene rings is 1. The lowest BCUT2D eigenvalue weighted by Gasteiger charge is -2.34. The smallest absolute Gasteiger partial charge is 0.309 e. The van der Waals surface area contributed by atoms with Crippen LogP contribution in [-0.4, -0.2) is 40.3 Å². The minimum Gasteiger partial charge on any atom is -0.437 e. The highest BCUT2D eigenvalue weighted by Crippen LogP contribution is 2.25. The number of carbonyl (C=O) groups is 1. The van der Waals surface area contributed by atoms with Crippen molar-refractivity contribution in [3.05, 3.63) is 52.5 Å². The average molecular weight is 385 g/mol. The maximum absolute atomic E-state index is 13.5. The van der Waals surface area contributed by atoms with Gasteiger partial charge in [-0.1, -0.05) is 26.0 Å². The lowest BCUT2D eigenvalue weighted by atomic mass is 9.92. The first-order valence-electron chi connectivity index (χ1n) is 10.1. The highest BCUT2D eigenvalue weighted by molar-refractivity contribution is 5.89. The van der Waals surface area contributed by atoms with Crippen LogP contribution < -0.4 is 0 Å². The van der Waals surface area contributed by atoms with Crippen molar-refractivity contribution in [2.75, 3.05) is 19.6 Å². The van der Waals surface area contributed by atoms with E-state index in [4.69, 9.17) is 4.42 Å². The fourth-order valence-electron chi connectivity index (χ4n) is 4.51. The van der Waals surface area contributed by atoms with Crippen LogP contribution in [-0.2, 0) is 19.5 Å². The van der Waals surface area contributed by atoms with Crippen LogP contribution >= 0.6 is 0 Å². The Morgan fingerprint density at radius 3 is 2.75 bits per heavy atom. The normalized spacial score (nSPS) is 22.9. The number of amides is 1. The molecular weight excluding hydrogens is 357 g/mol. The fourth-order valence-corrected chi connectivity index (χ4v) is 4.51. The second kappa shape index (κ2) is 7.66. The molecule has 28 heavy (non-hydrogen) atoms. The second-order valence-electron chi connectivity index (χ2n) is 8.59. The number of aryl methyl sites for hydroxylation is 1. The van der Waals surface area contributed by atoms with Gasteiger partial charge < -0.3 is 9.32 Å². The largest absolute Gasteiger partial charge is 0.437 e. The monoisotopic (exact) mass is 385 g/mol. The number of carbonyl (C=O) groups excluding carboxylic acids is 1. The molecule has 1 aromatic heterocycles. The molecule has 0 bridgehead atoms. The number of nitrogens with zero attached hydrogens (tertiary/aromatic N) is 3. The van der Waals surface area contributed by atoms with Gasteiger partial charge in [-0.15, -0.1) is 0 Å².